The summed E-state index contributed by atoms with van der Waals surface area (Å²) in [6.07, 6.45) is 0.349. The van der Waals surface area contributed by atoms with Gasteiger partial charge < -0.3 is 15.3 Å². The number of carboxylic acid groups (broad SMARTS) is 1. The number of carboxylic acids is 1. The highest BCUT2D eigenvalue weighted by atomic mass is 32.2. The first kappa shape index (κ1) is 17.3. The molecule has 23 heavy (non-hydrogen) atoms. The van der Waals surface area contributed by atoms with Gasteiger partial charge in [0.05, 0.1) is 11.4 Å². The average molecular weight is 336 g/mol. The number of anilines is 1. The van der Waals surface area contributed by atoms with Crippen LogP contribution in [0.5, 0.6) is 0 Å². The van der Waals surface area contributed by atoms with Crippen molar-refractivity contribution in [2.24, 2.45) is 5.92 Å². The van der Waals surface area contributed by atoms with E-state index in [4.69, 9.17) is 0 Å². The number of aliphatic carboxylic acids is 1. The number of nitrogens with one attached hydrogen (secondary N) is 1. The lowest BCUT2D eigenvalue weighted by molar-refractivity contribution is -0.142. The smallest absolute Gasteiger partial charge is 0.326 e. The largest absolute Gasteiger partial charge is 0.480 e. The molecule has 0 aromatic heterocycles. The van der Waals surface area contributed by atoms with Crippen molar-refractivity contribution in [3.05, 3.63) is 24.3 Å². The molecule has 7 heteroatoms. The number of hydrogen-bond donors (Lipinski definition) is 2. The maximum Gasteiger partial charge on any atom is 0.326 e. The third kappa shape index (κ3) is 4.48. The van der Waals surface area contributed by atoms with Crippen LogP contribution in [-0.4, -0.2) is 41.2 Å². The van der Waals surface area contributed by atoms with E-state index < -0.39 is 17.9 Å². The number of carbonyl (C=O) groups excluding carboxylic acids is 2. The monoisotopic (exact) mass is 336 g/mol. The fraction of sp³-hybridized carbons (Fsp3) is 0.438. The highest BCUT2D eigenvalue weighted by Crippen LogP contribution is 2.34. The van der Waals surface area contributed by atoms with Gasteiger partial charge >= 0.3 is 5.97 Å². The fourth-order valence-electron chi connectivity index (χ4n) is 2.40. The van der Waals surface area contributed by atoms with Crippen LogP contribution >= 0.6 is 11.8 Å². The quantitative estimate of drug-likeness (QED) is 0.826. The van der Waals surface area contributed by atoms with Crippen molar-refractivity contribution in [1.82, 2.24) is 5.32 Å². The molecule has 1 heterocycles. The Morgan fingerprint density at radius 1 is 1.35 bits per heavy atom. The Hall–Kier alpha value is -2.02. The Balaban J connectivity index is 2.07. The lowest BCUT2D eigenvalue weighted by atomic mass is 10.0. The summed E-state index contributed by atoms with van der Waals surface area (Å²) < 4.78 is 0. The molecule has 6 nitrogen and oxygen atoms in total. The summed E-state index contributed by atoms with van der Waals surface area (Å²) in [5.41, 5.74) is 0.694. The maximum atomic E-state index is 12.2. The van der Waals surface area contributed by atoms with Gasteiger partial charge in [-0.25, -0.2) is 4.79 Å². The highest BCUT2D eigenvalue weighted by molar-refractivity contribution is 8.00. The van der Waals surface area contributed by atoms with Crippen molar-refractivity contribution in [2.45, 2.75) is 31.2 Å². The second-order valence-electron chi connectivity index (χ2n) is 5.82. The summed E-state index contributed by atoms with van der Waals surface area (Å²) in [5.74, 6) is -1.26. The number of amides is 2. The molecule has 0 saturated carbocycles. The number of benzene rings is 1. The highest BCUT2D eigenvalue weighted by Gasteiger charge is 2.28. The molecule has 0 saturated heterocycles. The summed E-state index contributed by atoms with van der Waals surface area (Å²) in [4.78, 5) is 37.9. The molecule has 2 N–H and O–H groups in total. The van der Waals surface area contributed by atoms with E-state index in [9.17, 15) is 19.5 Å². The molecule has 0 fully saturated rings. The van der Waals surface area contributed by atoms with Gasteiger partial charge in [-0.1, -0.05) is 26.0 Å². The van der Waals surface area contributed by atoms with Crippen LogP contribution in [-0.2, 0) is 14.4 Å². The molecule has 124 valence electrons. The van der Waals surface area contributed by atoms with E-state index in [2.05, 4.69) is 5.32 Å². The van der Waals surface area contributed by atoms with Crippen LogP contribution < -0.4 is 10.2 Å². The zero-order chi connectivity index (χ0) is 17.0. The Labute approximate surface area is 139 Å². The Morgan fingerprint density at radius 3 is 2.70 bits per heavy atom. The second kappa shape index (κ2) is 7.50. The lowest BCUT2D eigenvalue weighted by Crippen LogP contribution is -2.48. The Kier molecular flexibility index (Phi) is 5.65. The number of para-hydroxylation sites is 1. The van der Waals surface area contributed by atoms with Gasteiger partial charge in [-0.15, -0.1) is 11.8 Å². The van der Waals surface area contributed by atoms with E-state index in [0.717, 1.165) is 4.90 Å². The molecule has 0 unspecified atom stereocenters. The van der Waals surface area contributed by atoms with Crippen LogP contribution in [0.15, 0.2) is 29.2 Å². The van der Waals surface area contributed by atoms with Crippen LogP contribution in [0.3, 0.4) is 0 Å². The number of nitrogens with zero attached hydrogens (tertiary/aromatic N) is 1. The van der Waals surface area contributed by atoms with Crippen molar-refractivity contribution in [2.75, 3.05) is 17.2 Å². The standard InChI is InChI=1S/C16H20N2O4S/c1-10(2)7-11(16(21)22)17-14(19)8-18-12-5-3-4-6-13(12)23-9-15(18)20/h3-6,10-11H,7-9H2,1-2H3,(H,17,19)(H,21,22)/t11-/m1/s1. The number of fused-ring (bicyclic) bond motifs is 1. The molecule has 0 bridgehead atoms. The number of hydrogen-bond acceptors (Lipinski definition) is 4. The molecule has 2 amide bonds. The van der Waals surface area contributed by atoms with E-state index in [1.54, 1.807) is 6.07 Å². The molecule has 1 aliphatic rings. The van der Waals surface area contributed by atoms with Crippen molar-refractivity contribution in [3.8, 4) is 0 Å². The first-order chi connectivity index (χ1) is 10.9. The lowest BCUT2D eigenvalue weighted by Gasteiger charge is -2.28. The Bertz CT molecular complexity index is 618. The van der Waals surface area contributed by atoms with Gasteiger partial charge in [-0.3, -0.25) is 9.59 Å². The van der Waals surface area contributed by atoms with Gasteiger partial charge in [0.25, 0.3) is 0 Å². The summed E-state index contributed by atoms with van der Waals surface area (Å²) >= 11 is 1.44. The van der Waals surface area contributed by atoms with Crippen molar-refractivity contribution in [1.29, 1.82) is 0 Å². The summed E-state index contributed by atoms with van der Waals surface area (Å²) in [6.45, 7) is 3.62. The van der Waals surface area contributed by atoms with Gasteiger partial charge in [-0.2, -0.15) is 0 Å². The fourth-order valence-corrected chi connectivity index (χ4v) is 3.34. The first-order valence-corrected chi connectivity index (χ1v) is 8.41. The molecule has 2 rings (SSSR count). The maximum absolute atomic E-state index is 12.2. The topological polar surface area (TPSA) is 86.7 Å². The van der Waals surface area contributed by atoms with Crippen molar-refractivity contribution < 1.29 is 19.5 Å². The molecular formula is C16H20N2O4S. The van der Waals surface area contributed by atoms with Crippen LogP contribution in [0, 0.1) is 5.92 Å². The zero-order valence-corrected chi connectivity index (χ0v) is 13.9. The van der Waals surface area contributed by atoms with Gasteiger partial charge in [0, 0.05) is 4.90 Å². The Morgan fingerprint density at radius 2 is 2.04 bits per heavy atom. The van der Waals surface area contributed by atoms with Crippen LogP contribution in [0.4, 0.5) is 5.69 Å². The number of rotatable bonds is 6. The van der Waals surface area contributed by atoms with E-state index in [0.29, 0.717) is 12.1 Å². The number of thioether (sulfide) groups is 1. The third-order valence-corrected chi connectivity index (χ3v) is 4.50. The predicted octanol–water partition coefficient (Wildman–Crippen LogP) is 1.74. The molecule has 0 radical (unpaired) electrons. The molecule has 1 atom stereocenters. The normalized spacial score (nSPS) is 15.3. The second-order valence-corrected chi connectivity index (χ2v) is 6.84. The van der Waals surface area contributed by atoms with E-state index >= 15 is 0 Å². The molecule has 1 aromatic rings. The van der Waals surface area contributed by atoms with Gasteiger partial charge in [0.2, 0.25) is 11.8 Å². The van der Waals surface area contributed by atoms with E-state index in [1.807, 2.05) is 32.0 Å². The minimum absolute atomic E-state index is 0.144. The minimum atomic E-state index is -1.06. The zero-order valence-electron chi connectivity index (χ0n) is 13.1. The molecule has 0 spiro atoms. The third-order valence-electron chi connectivity index (χ3n) is 3.45. The van der Waals surface area contributed by atoms with Crippen LogP contribution in [0.25, 0.3) is 0 Å². The molecule has 1 aliphatic heterocycles. The molecule has 0 aliphatic carbocycles. The summed E-state index contributed by atoms with van der Waals surface area (Å²) in [6, 6.07) is 6.43. The minimum Gasteiger partial charge on any atom is -0.480 e. The van der Waals surface area contributed by atoms with Gasteiger partial charge in [0.1, 0.15) is 12.6 Å². The van der Waals surface area contributed by atoms with Crippen LogP contribution in [0.1, 0.15) is 20.3 Å². The van der Waals surface area contributed by atoms with Gasteiger partial charge in [-0.05, 0) is 24.5 Å². The summed E-state index contributed by atoms with van der Waals surface area (Å²) in [5, 5.41) is 11.7. The SMILES string of the molecule is CC(C)C[C@@H](NC(=O)CN1C(=O)CSc2ccccc21)C(=O)O. The predicted molar refractivity (Wildman–Crippen MR) is 88.5 cm³/mol. The summed E-state index contributed by atoms with van der Waals surface area (Å²) in [7, 11) is 0. The van der Waals surface area contributed by atoms with Crippen LogP contribution in [0.2, 0.25) is 0 Å². The van der Waals surface area contributed by atoms with Crippen molar-refractivity contribution >= 4 is 35.2 Å². The first-order valence-electron chi connectivity index (χ1n) is 7.43. The average Bonchev–Trinajstić information content (AvgIpc) is 2.49. The molecular weight excluding hydrogens is 316 g/mol. The van der Waals surface area contributed by atoms with E-state index in [-0.39, 0.29) is 24.1 Å². The molecule has 1 aromatic carbocycles. The number of carbonyl (C=O) groups is 3. The van der Waals surface area contributed by atoms with Gasteiger partial charge in [0.15, 0.2) is 0 Å². The van der Waals surface area contributed by atoms with Crippen molar-refractivity contribution in [3.63, 3.8) is 0 Å². The van der Waals surface area contributed by atoms with E-state index in [1.165, 1.54) is 16.7 Å².